The second kappa shape index (κ2) is 5.89. The molecule has 1 aliphatic heterocycles. The fraction of sp³-hybridized carbons (Fsp3) is 0.538. The van der Waals surface area contributed by atoms with E-state index in [0.717, 1.165) is 6.42 Å². The van der Waals surface area contributed by atoms with Gasteiger partial charge >= 0.3 is 8.25 Å². The van der Waals surface area contributed by atoms with Crippen LogP contribution in [0.3, 0.4) is 0 Å². The number of imidazole rings is 1. The zero-order chi connectivity index (χ0) is 15.9. The molecular formula is C13H17N3O5P+. The van der Waals surface area contributed by atoms with Crippen molar-refractivity contribution >= 4 is 19.3 Å². The summed E-state index contributed by atoms with van der Waals surface area (Å²) in [6.07, 6.45) is 2.50. The normalized spacial score (nSPS) is 29.1. The molecule has 118 valence electrons. The molecule has 22 heavy (non-hydrogen) atoms. The Morgan fingerprint density at radius 1 is 1.59 bits per heavy atom. The van der Waals surface area contributed by atoms with Gasteiger partial charge in [0, 0.05) is 16.7 Å². The molecule has 0 saturated carbocycles. The van der Waals surface area contributed by atoms with Crippen molar-refractivity contribution in [1.82, 2.24) is 14.5 Å². The van der Waals surface area contributed by atoms with Crippen LogP contribution in [0.25, 0.3) is 11.0 Å². The predicted octanol–water partition coefficient (Wildman–Crippen LogP) is 1.70. The number of hydrogen-bond acceptors (Lipinski definition) is 5. The van der Waals surface area contributed by atoms with E-state index in [4.69, 9.17) is 14.2 Å². The van der Waals surface area contributed by atoms with Crippen LogP contribution >= 0.6 is 8.25 Å². The Morgan fingerprint density at radius 2 is 2.36 bits per heavy atom. The Morgan fingerprint density at radius 3 is 3.05 bits per heavy atom. The van der Waals surface area contributed by atoms with Crippen LogP contribution in [-0.2, 0) is 13.8 Å². The minimum Gasteiger partial charge on any atom is -0.351 e. The van der Waals surface area contributed by atoms with E-state index < -0.39 is 20.6 Å². The van der Waals surface area contributed by atoms with Gasteiger partial charge in [0.05, 0.1) is 17.9 Å². The molecule has 1 saturated heterocycles. The summed E-state index contributed by atoms with van der Waals surface area (Å²) in [6.45, 7) is 3.90. The highest BCUT2D eigenvalue weighted by molar-refractivity contribution is 7.32. The van der Waals surface area contributed by atoms with Crippen LogP contribution in [0.5, 0.6) is 0 Å². The Labute approximate surface area is 127 Å². The number of aromatic amines is 1. The number of ether oxygens (including phenoxy) is 1. The summed E-state index contributed by atoms with van der Waals surface area (Å²) in [5.74, 6) is -0.0550. The van der Waals surface area contributed by atoms with E-state index in [-0.39, 0.29) is 17.6 Å². The third-order valence-electron chi connectivity index (χ3n) is 4.09. The number of rotatable bonds is 4. The Bertz CT molecular complexity index is 757. The van der Waals surface area contributed by atoms with Gasteiger partial charge < -0.3 is 14.3 Å². The third-order valence-corrected chi connectivity index (χ3v) is 4.51. The van der Waals surface area contributed by atoms with Gasteiger partial charge in [0.25, 0.3) is 5.56 Å². The van der Waals surface area contributed by atoms with Crippen molar-refractivity contribution < 1.29 is 18.7 Å². The molecule has 8 nitrogen and oxygen atoms in total. The lowest BCUT2D eigenvalue weighted by molar-refractivity contribution is -0.0294. The van der Waals surface area contributed by atoms with E-state index in [1.54, 1.807) is 10.6 Å². The lowest BCUT2D eigenvalue weighted by atomic mass is 9.99. The molecular weight excluding hydrogens is 309 g/mol. The maximum Gasteiger partial charge on any atom is 0.695 e. The molecule has 0 amide bonds. The SMILES string of the molecule is CC[C@H]1O[C@@H](n2cnc3c(=O)[nH]ccc32)[C@H](O[P+](=O)O)[C@@H]1C. The smallest absolute Gasteiger partial charge is 0.351 e. The Kier molecular flexibility index (Phi) is 4.10. The first kappa shape index (κ1) is 15.3. The maximum atomic E-state index is 11.8. The number of H-pyrrole nitrogens is 1. The highest BCUT2D eigenvalue weighted by atomic mass is 31.1. The number of nitrogens with zero attached hydrogens (tertiary/aromatic N) is 2. The van der Waals surface area contributed by atoms with Crippen LogP contribution in [0, 0.1) is 5.92 Å². The molecule has 2 N–H and O–H groups in total. The topological polar surface area (TPSA) is 106 Å². The number of pyridine rings is 1. The Hall–Kier alpha value is -1.60. The number of hydrogen-bond donors (Lipinski definition) is 2. The molecule has 0 spiro atoms. The summed E-state index contributed by atoms with van der Waals surface area (Å²) >= 11 is 0. The van der Waals surface area contributed by atoms with Crippen molar-refractivity contribution in [3.8, 4) is 0 Å². The van der Waals surface area contributed by atoms with Gasteiger partial charge in [-0.25, -0.2) is 4.98 Å². The lowest BCUT2D eigenvalue weighted by Gasteiger charge is -2.17. The molecule has 2 aromatic rings. The molecule has 3 rings (SSSR count). The van der Waals surface area contributed by atoms with E-state index >= 15 is 0 Å². The van der Waals surface area contributed by atoms with Crippen LogP contribution in [0.15, 0.2) is 23.4 Å². The summed E-state index contributed by atoms with van der Waals surface area (Å²) in [5.41, 5.74) is 0.602. The fourth-order valence-corrected chi connectivity index (χ4v) is 3.48. The summed E-state index contributed by atoms with van der Waals surface area (Å²) < 4.78 is 24.0. The van der Waals surface area contributed by atoms with Crippen LogP contribution in [0.4, 0.5) is 0 Å². The molecule has 5 atom stereocenters. The van der Waals surface area contributed by atoms with E-state index in [0.29, 0.717) is 11.0 Å². The first-order valence-corrected chi connectivity index (χ1v) is 8.18. The van der Waals surface area contributed by atoms with Gasteiger partial charge in [-0.2, -0.15) is 0 Å². The van der Waals surface area contributed by atoms with Crippen molar-refractivity contribution in [3.05, 3.63) is 28.9 Å². The summed E-state index contributed by atoms with van der Waals surface area (Å²) in [6, 6.07) is 1.72. The first-order chi connectivity index (χ1) is 10.5. The zero-order valence-electron chi connectivity index (χ0n) is 12.2. The maximum absolute atomic E-state index is 11.8. The summed E-state index contributed by atoms with van der Waals surface area (Å²) in [4.78, 5) is 27.5. The molecule has 9 heteroatoms. The van der Waals surface area contributed by atoms with Crippen molar-refractivity contribution in [2.45, 2.75) is 38.7 Å². The van der Waals surface area contributed by atoms with Gasteiger partial charge in [0.15, 0.2) is 17.8 Å². The lowest BCUT2D eigenvalue weighted by Crippen LogP contribution is -2.25. The molecule has 0 aromatic carbocycles. The number of fused-ring (bicyclic) bond motifs is 1. The summed E-state index contributed by atoms with van der Waals surface area (Å²) in [5, 5.41) is 0. The second-order valence-corrected chi connectivity index (χ2v) is 6.02. The molecule has 1 fully saturated rings. The molecule has 0 aliphatic carbocycles. The van der Waals surface area contributed by atoms with Gasteiger partial charge in [-0.3, -0.25) is 4.79 Å². The third kappa shape index (κ3) is 2.48. The molecule has 3 heterocycles. The highest BCUT2D eigenvalue weighted by Crippen LogP contribution is 2.41. The van der Waals surface area contributed by atoms with Gasteiger partial charge in [-0.15, -0.1) is 9.42 Å². The highest BCUT2D eigenvalue weighted by Gasteiger charge is 2.48. The predicted molar refractivity (Wildman–Crippen MR) is 78.4 cm³/mol. The molecule has 0 radical (unpaired) electrons. The quantitative estimate of drug-likeness (QED) is 0.828. The number of aromatic nitrogens is 3. The zero-order valence-corrected chi connectivity index (χ0v) is 13.1. The molecule has 0 bridgehead atoms. The van der Waals surface area contributed by atoms with Crippen molar-refractivity contribution in [2.24, 2.45) is 5.92 Å². The van der Waals surface area contributed by atoms with Crippen LogP contribution < -0.4 is 5.56 Å². The van der Waals surface area contributed by atoms with E-state index in [1.807, 2.05) is 13.8 Å². The summed E-state index contributed by atoms with van der Waals surface area (Å²) in [7, 11) is -2.75. The van der Waals surface area contributed by atoms with E-state index in [1.165, 1.54) is 12.5 Å². The van der Waals surface area contributed by atoms with Crippen molar-refractivity contribution in [1.29, 1.82) is 0 Å². The van der Waals surface area contributed by atoms with Gasteiger partial charge in [-0.1, -0.05) is 13.8 Å². The standard InChI is InChI=1S/C13H16N3O5P/c1-3-9-7(2)11(21-22(18)19)13(20-9)16-6-15-10-8(16)4-5-14-12(10)17/h4-7,9,11,13H,3H2,1-2H3,(H-,14,17,18,19)/p+1/t7-,9-,11-,13-/m1/s1. The van der Waals surface area contributed by atoms with E-state index in [9.17, 15) is 9.36 Å². The average molecular weight is 326 g/mol. The molecule has 2 aromatic heterocycles. The van der Waals surface area contributed by atoms with Crippen LogP contribution in [0.2, 0.25) is 0 Å². The van der Waals surface area contributed by atoms with Gasteiger partial charge in [-0.05, 0) is 12.5 Å². The largest absolute Gasteiger partial charge is 0.695 e. The van der Waals surface area contributed by atoms with Gasteiger partial charge in [0.1, 0.15) is 0 Å². The minimum absolute atomic E-state index is 0.0550. The Balaban J connectivity index is 2.05. The van der Waals surface area contributed by atoms with Crippen molar-refractivity contribution in [2.75, 3.05) is 0 Å². The van der Waals surface area contributed by atoms with Crippen LogP contribution in [0.1, 0.15) is 26.5 Å². The minimum atomic E-state index is -2.75. The molecule has 1 aliphatic rings. The van der Waals surface area contributed by atoms with Gasteiger partial charge in [0.2, 0.25) is 0 Å². The number of nitrogens with one attached hydrogen (secondary N) is 1. The first-order valence-electron chi connectivity index (χ1n) is 7.05. The fourth-order valence-electron chi connectivity index (χ4n) is 2.97. The average Bonchev–Trinajstić information content (AvgIpc) is 3.02. The van der Waals surface area contributed by atoms with E-state index in [2.05, 4.69) is 9.97 Å². The second-order valence-electron chi connectivity index (χ2n) is 5.33. The van der Waals surface area contributed by atoms with Crippen molar-refractivity contribution in [3.63, 3.8) is 0 Å². The van der Waals surface area contributed by atoms with Crippen LogP contribution in [-0.4, -0.2) is 31.6 Å². The molecule has 1 unspecified atom stereocenters. The monoisotopic (exact) mass is 326 g/mol.